The van der Waals surface area contributed by atoms with Crippen molar-refractivity contribution in [2.45, 2.75) is 84.2 Å². The molecule has 6 atom stereocenters. The number of fused-ring (bicyclic) bond motifs is 3. The van der Waals surface area contributed by atoms with Crippen LogP contribution < -0.4 is 0 Å². The van der Waals surface area contributed by atoms with E-state index in [1.54, 1.807) is 0 Å². The van der Waals surface area contributed by atoms with Crippen LogP contribution in [0.1, 0.15) is 78.6 Å². The molecule has 0 aromatic carbocycles. The van der Waals surface area contributed by atoms with Crippen molar-refractivity contribution >= 4 is 0 Å². The molecule has 3 aliphatic rings. The van der Waals surface area contributed by atoms with Crippen LogP contribution in [-0.2, 0) is 0 Å². The molecule has 0 aromatic heterocycles. The Bertz CT molecular complexity index is 414. The SMILES string of the molecule is C=C1CC2CC[C@@H]3[C@@H](C)CCC[C@@]3(C)[C@@H]2CCC1(O)CC. The standard InChI is InChI=1S/C20H34O/c1-5-20(21)12-10-18-16(13-15(20)3)8-9-17-14(2)7-6-11-19(17,18)4/h14,16-18,21H,3,5-13H2,1-2,4H3/t14-,16?,17+,18+,19+,20?/m0/s1. The van der Waals surface area contributed by atoms with E-state index in [2.05, 4.69) is 27.4 Å². The zero-order valence-corrected chi connectivity index (χ0v) is 14.3. The second kappa shape index (κ2) is 5.41. The van der Waals surface area contributed by atoms with Gasteiger partial charge in [-0.15, -0.1) is 0 Å². The fourth-order valence-electron chi connectivity index (χ4n) is 6.36. The van der Waals surface area contributed by atoms with Gasteiger partial charge in [0.05, 0.1) is 5.60 Å². The summed E-state index contributed by atoms with van der Waals surface area (Å²) in [5.41, 5.74) is 1.08. The van der Waals surface area contributed by atoms with Crippen LogP contribution in [0.3, 0.4) is 0 Å². The molecule has 0 spiro atoms. The second-order valence-electron chi connectivity index (χ2n) is 8.66. The lowest BCUT2D eigenvalue weighted by Crippen LogP contribution is -2.47. The van der Waals surface area contributed by atoms with Crippen LogP contribution in [0.5, 0.6) is 0 Å². The third-order valence-electron chi connectivity index (χ3n) is 7.79. The van der Waals surface area contributed by atoms with Gasteiger partial charge in [0.25, 0.3) is 0 Å². The maximum atomic E-state index is 10.9. The molecule has 3 rings (SSSR count). The first kappa shape index (κ1) is 15.6. The third kappa shape index (κ3) is 2.40. The van der Waals surface area contributed by atoms with E-state index in [0.29, 0.717) is 5.41 Å². The van der Waals surface area contributed by atoms with Gasteiger partial charge in [0, 0.05) is 0 Å². The summed E-state index contributed by atoms with van der Waals surface area (Å²) in [6.45, 7) is 11.5. The maximum Gasteiger partial charge on any atom is 0.0851 e. The lowest BCUT2D eigenvalue weighted by atomic mass is 9.49. The molecule has 1 N–H and O–H groups in total. The van der Waals surface area contributed by atoms with Crippen LogP contribution in [0.2, 0.25) is 0 Å². The molecule has 0 heterocycles. The van der Waals surface area contributed by atoms with Gasteiger partial charge >= 0.3 is 0 Å². The minimum Gasteiger partial charge on any atom is -0.386 e. The summed E-state index contributed by atoms with van der Waals surface area (Å²) < 4.78 is 0. The second-order valence-corrected chi connectivity index (χ2v) is 8.66. The van der Waals surface area contributed by atoms with Crippen molar-refractivity contribution in [2.75, 3.05) is 0 Å². The number of aliphatic hydroxyl groups is 1. The Hall–Kier alpha value is -0.300. The molecule has 0 amide bonds. The molecule has 0 saturated heterocycles. The molecule has 0 radical (unpaired) electrons. The van der Waals surface area contributed by atoms with Crippen molar-refractivity contribution in [3.8, 4) is 0 Å². The Morgan fingerprint density at radius 1 is 1.14 bits per heavy atom. The summed E-state index contributed by atoms with van der Waals surface area (Å²) in [5, 5.41) is 10.9. The van der Waals surface area contributed by atoms with Gasteiger partial charge in [-0.2, -0.15) is 0 Å². The van der Waals surface area contributed by atoms with Gasteiger partial charge in [0.1, 0.15) is 0 Å². The molecule has 0 aliphatic heterocycles. The van der Waals surface area contributed by atoms with Crippen LogP contribution in [-0.4, -0.2) is 10.7 Å². The zero-order valence-electron chi connectivity index (χ0n) is 14.3. The van der Waals surface area contributed by atoms with Gasteiger partial charge in [-0.3, -0.25) is 0 Å². The van der Waals surface area contributed by atoms with Gasteiger partial charge in [-0.25, -0.2) is 0 Å². The summed E-state index contributed by atoms with van der Waals surface area (Å²) in [7, 11) is 0. The lowest BCUT2D eigenvalue weighted by molar-refractivity contribution is -0.0639. The fourth-order valence-corrected chi connectivity index (χ4v) is 6.36. The highest BCUT2D eigenvalue weighted by Gasteiger charge is 2.52. The molecule has 21 heavy (non-hydrogen) atoms. The van der Waals surface area contributed by atoms with Crippen LogP contribution in [0.15, 0.2) is 12.2 Å². The highest BCUT2D eigenvalue weighted by molar-refractivity contribution is 5.17. The molecule has 0 aromatic rings. The van der Waals surface area contributed by atoms with Crippen molar-refractivity contribution in [1.29, 1.82) is 0 Å². The van der Waals surface area contributed by atoms with Gasteiger partial charge in [-0.1, -0.05) is 40.2 Å². The first-order chi connectivity index (χ1) is 9.90. The van der Waals surface area contributed by atoms with Gasteiger partial charge in [-0.05, 0) is 79.6 Å². The van der Waals surface area contributed by atoms with Crippen molar-refractivity contribution in [3.05, 3.63) is 12.2 Å². The van der Waals surface area contributed by atoms with E-state index in [0.717, 1.165) is 48.5 Å². The zero-order chi connectivity index (χ0) is 15.3. The maximum absolute atomic E-state index is 10.9. The largest absolute Gasteiger partial charge is 0.386 e. The third-order valence-corrected chi connectivity index (χ3v) is 7.79. The summed E-state index contributed by atoms with van der Waals surface area (Å²) in [6.07, 6.45) is 11.1. The predicted octanol–water partition coefficient (Wildman–Crippen LogP) is 5.34. The predicted molar refractivity (Wildman–Crippen MR) is 89.1 cm³/mol. The molecule has 3 fully saturated rings. The van der Waals surface area contributed by atoms with E-state index < -0.39 is 5.60 Å². The summed E-state index contributed by atoms with van der Waals surface area (Å²) in [5.74, 6) is 3.43. The fraction of sp³-hybridized carbons (Fsp3) is 0.900. The minimum absolute atomic E-state index is 0.528. The average molecular weight is 290 g/mol. The lowest BCUT2D eigenvalue weighted by Gasteiger charge is -2.56. The van der Waals surface area contributed by atoms with E-state index in [1.165, 1.54) is 38.5 Å². The van der Waals surface area contributed by atoms with Crippen molar-refractivity contribution in [1.82, 2.24) is 0 Å². The summed E-state index contributed by atoms with van der Waals surface area (Å²) >= 11 is 0. The quantitative estimate of drug-likeness (QED) is 0.647. The molecule has 1 nitrogen and oxygen atoms in total. The number of hydrogen-bond acceptors (Lipinski definition) is 1. The van der Waals surface area contributed by atoms with E-state index >= 15 is 0 Å². The van der Waals surface area contributed by atoms with Crippen molar-refractivity contribution < 1.29 is 5.11 Å². The highest BCUT2D eigenvalue weighted by atomic mass is 16.3. The molecular formula is C20H34O. The first-order valence-corrected chi connectivity index (χ1v) is 9.31. The Morgan fingerprint density at radius 2 is 1.90 bits per heavy atom. The van der Waals surface area contributed by atoms with E-state index in [1.807, 2.05) is 0 Å². The monoisotopic (exact) mass is 290 g/mol. The first-order valence-electron chi connectivity index (χ1n) is 9.31. The number of hydrogen-bond donors (Lipinski definition) is 1. The minimum atomic E-state index is -0.580. The molecular weight excluding hydrogens is 256 g/mol. The molecule has 3 saturated carbocycles. The molecule has 2 unspecified atom stereocenters. The molecule has 3 aliphatic carbocycles. The van der Waals surface area contributed by atoms with E-state index in [9.17, 15) is 5.11 Å². The summed E-state index contributed by atoms with van der Waals surface area (Å²) in [6, 6.07) is 0. The van der Waals surface area contributed by atoms with Gasteiger partial charge in [0.2, 0.25) is 0 Å². The average Bonchev–Trinajstić information content (AvgIpc) is 2.57. The Kier molecular flexibility index (Phi) is 4.01. The number of rotatable bonds is 1. The summed E-state index contributed by atoms with van der Waals surface area (Å²) in [4.78, 5) is 0. The van der Waals surface area contributed by atoms with Crippen LogP contribution in [0.25, 0.3) is 0 Å². The smallest absolute Gasteiger partial charge is 0.0851 e. The molecule has 0 bridgehead atoms. The van der Waals surface area contributed by atoms with Gasteiger partial charge in [0.15, 0.2) is 0 Å². The molecule has 120 valence electrons. The normalized spacial score (nSPS) is 51.0. The highest BCUT2D eigenvalue weighted by Crippen LogP contribution is 2.60. The van der Waals surface area contributed by atoms with Crippen molar-refractivity contribution in [2.24, 2.45) is 29.1 Å². The van der Waals surface area contributed by atoms with Crippen LogP contribution in [0, 0.1) is 29.1 Å². The van der Waals surface area contributed by atoms with E-state index in [4.69, 9.17) is 0 Å². The Labute approximate surface area is 131 Å². The van der Waals surface area contributed by atoms with Crippen LogP contribution in [0.4, 0.5) is 0 Å². The Morgan fingerprint density at radius 3 is 2.62 bits per heavy atom. The topological polar surface area (TPSA) is 20.2 Å². The van der Waals surface area contributed by atoms with E-state index in [-0.39, 0.29) is 0 Å². The Balaban J connectivity index is 1.88. The van der Waals surface area contributed by atoms with Crippen LogP contribution >= 0.6 is 0 Å². The molecule has 1 heteroatoms. The van der Waals surface area contributed by atoms with Crippen molar-refractivity contribution in [3.63, 3.8) is 0 Å². The van der Waals surface area contributed by atoms with Gasteiger partial charge < -0.3 is 5.11 Å².